The van der Waals surface area contributed by atoms with Crippen LogP contribution in [0.4, 0.5) is 0 Å². The number of ketones is 1. The molecule has 1 fully saturated rings. The molecule has 2 aromatic rings. The molecular formula is C28H34N2O5. The van der Waals surface area contributed by atoms with Crippen molar-refractivity contribution in [2.75, 3.05) is 40.4 Å². The van der Waals surface area contributed by atoms with Crippen LogP contribution < -0.4 is 9.47 Å². The fourth-order valence-corrected chi connectivity index (χ4v) is 4.19. The van der Waals surface area contributed by atoms with Crippen molar-refractivity contribution >= 4 is 17.4 Å². The zero-order valence-electron chi connectivity index (χ0n) is 20.9. The molecule has 1 saturated heterocycles. The van der Waals surface area contributed by atoms with Crippen molar-refractivity contribution in [2.45, 2.75) is 26.3 Å². The van der Waals surface area contributed by atoms with Crippen LogP contribution in [0.25, 0.3) is 5.76 Å². The summed E-state index contributed by atoms with van der Waals surface area (Å²) in [5.41, 5.74) is 2.11. The number of carbonyl (C=O) groups excluding carboxylic acids is 2. The van der Waals surface area contributed by atoms with Gasteiger partial charge in [0.1, 0.15) is 23.9 Å². The summed E-state index contributed by atoms with van der Waals surface area (Å²) in [6.45, 7) is 9.48. The average molecular weight is 479 g/mol. The normalized spacial score (nSPS) is 17.2. The van der Waals surface area contributed by atoms with Crippen molar-refractivity contribution < 1.29 is 24.2 Å². The Hall–Kier alpha value is -3.58. The predicted octanol–water partition coefficient (Wildman–Crippen LogP) is 4.33. The number of hydrogen-bond donors (Lipinski definition) is 1. The fourth-order valence-electron chi connectivity index (χ4n) is 4.19. The molecule has 7 nitrogen and oxygen atoms in total. The smallest absolute Gasteiger partial charge is 0.295 e. The molecular weight excluding hydrogens is 444 g/mol. The maximum absolute atomic E-state index is 13.2. The van der Waals surface area contributed by atoms with E-state index in [1.54, 1.807) is 41.3 Å². The highest BCUT2D eigenvalue weighted by Crippen LogP contribution is 2.40. The average Bonchev–Trinajstić information content (AvgIpc) is 3.09. The van der Waals surface area contributed by atoms with Crippen molar-refractivity contribution in [1.29, 1.82) is 0 Å². The zero-order valence-corrected chi connectivity index (χ0v) is 20.9. The zero-order chi connectivity index (χ0) is 25.5. The molecule has 1 heterocycles. The van der Waals surface area contributed by atoms with E-state index >= 15 is 0 Å². The lowest BCUT2D eigenvalue weighted by molar-refractivity contribution is -0.139. The van der Waals surface area contributed by atoms with Gasteiger partial charge in [-0.15, -0.1) is 0 Å². The van der Waals surface area contributed by atoms with Crippen LogP contribution in [0.3, 0.4) is 0 Å². The van der Waals surface area contributed by atoms with E-state index in [1.807, 2.05) is 45.0 Å². The summed E-state index contributed by atoms with van der Waals surface area (Å²) < 4.78 is 11.2. The van der Waals surface area contributed by atoms with Gasteiger partial charge < -0.3 is 24.4 Å². The molecule has 0 bridgehead atoms. The van der Waals surface area contributed by atoms with E-state index in [0.29, 0.717) is 43.2 Å². The van der Waals surface area contributed by atoms with Crippen LogP contribution >= 0.6 is 0 Å². The third-order valence-corrected chi connectivity index (χ3v) is 5.86. The molecule has 0 aromatic heterocycles. The van der Waals surface area contributed by atoms with Gasteiger partial charge in [0, 0.05) is 12.1 Å². The monoisotopic (exact) mass is 478 g/mol. The van der Waals surface area contributed by atoms with Gasteiger partial charge in [-0.1, -0.05) is 24.8 Å². The third kappa shape index (κ3) is 5.92. The molecule has 1 atom stereocenters. The Kier molecular flexibility index (Phi) is 8.71. The first kappa shape index (κ1) is 26.0. The van der Waals surface area contributed by atoms with Gasteiger partial charge in [0.05, 0.1) is 18.2 Å². The Morgan fingerprint density at radius 1 is 1.14 bits per heavy atom. The van der Waals surface area contributed by atoms with Gasteiger partial charge in [-0.05, 0) is 82.4 Å². The number of aryl methyl sites for hydroxylation is 1. The number of aliphatic hydroxyl groups excluding tert-OH is 1. The lowest BCUT2D eigenvalue weighted by Gasteiger charge is -2.26. The first-order chi connectivity index (χ1) is 16.8. The summed E-state index contributed by atoms with van der Waals surface area (Å²) in [5, 5.41) is 11.3. The highest BCUT2D eigenvalue weighted by molar-refractivity contribution is 6.46. The van der Waals surface area contributed by atoms with Gasteiger partial charge >= 0.3 is 0 Å². The van der Waals surface area contributed by atoms with E-state index in [9.17, 15) is 14.7 Å². The summed E-state index contributed by atoms with van der Waals surface area (Å²) in [7, 11) is 3.92. The van der Waals surface area contributed by atoms with Gasteiger partial charge in [-0.2, -0.15) is 0 Å². The minimum atomic E-state index is -0.697. The van der Waals surface area contributed by atoms with Crippen LogP contribution in [0.2, 0.25) is 0 Å². The molecule has 35 heavy (non-hydrogen) atoms. The summed E-state index contributed by atoms with van der Waals surface area (Å²) >= 11 is 0. The lowest BCUT2D eigenvalue weighted by Crippen LogP contribution is -2.32. The van der Waals surface area contributed by atoms with E-state index in [2.05, 4.69) is 6.58 Å². The van der Waals surface area contributed by atoms with Gasteiger partial charge in [0.15, 0.2) is 0 Å². The summed E-state index contributed by atoms with van der Waals surface area (Å²) in [6.07, 6.45) is 2.35. The molecule has 186 valence electrons. The third-order valence-electron chi connectivity index (χ3n) is 5.86. The molecule has 1 N–H and O–H groups in total. The Morgan fingerprint density at radius 3 is 2.46 bits per heavy atom. The predicted molar refractivity (Wildman–Crippen MR) is 137 cm³/mol. The van der Waals surface area contributed by atoms with Crippen LogP contribution in [-0.4, -0.2) is 67.0 Å². The van der Waals surface area contributed by atoms with Crippen LogP contribution in [0.1, 0.15) is 36.1 Å². The standard InChI is InChI=1S/C28H34N2O5/c1-6-17-35-22-12-9-20(10-13-22)25-24(27(32)28(33)30(25)16-8-15-29(4)5)26(31)21-11-14-23(34-7-2)19(3)18-21/h6,9-14,18,25,31H,1,7-8,15-17H2,2-5H3. The van der Waals surface area contributed by atoms with Crippen molar-refractivity contribution in [3.63, 3.8) is 0 Å². The number of likely N-dealkylation sites (tertiary alicyclic amines) is 1. The number of amides is 1. The van der Waals surface area contributed by atoms with Crippen LogP contribution in [0.15, 0.2) is 60.7 Å². The largest absolute Gasteiger partial charge is 0.507 e. The second-order valence-corrected chi connectivity index (χ2v) is 8.73. The maximum atomic E-state index is 13.2. The first-order valence-electron chi connectivity index (χ1n) is 11.8. The summed E-state index contributed by atoms with van der Waals surface area (Å²) in [4.78, 5) is 29.9. The van der Waals surface area contributed by atoms with Gasteiger partial charge in [-0.25, -0.2) is 0 Å². The number of aliphatic hydroxyl groups is 1. The van der Waals surface area contributed by atoms with Crippen LogP contribution in [0.5, 0.6) is 11.5 Å². The molecule has 0 spiro atoms. The molecule has 1 amide bonds. The van der Waals surface area contributed by atoms with Crippen molar-refractivity contribution in [3.05, 3.63) is 77.4 Å². The topological polar surface area (TPSA) is 79.3 Å². The van der Waals surface area contributed by atoms with Gasteiger partial charge in [-0.3, -0.25) is 9.59 Å². The highest BCUT2D eigenvalue weighted by atomic mass is 16.5. The molecule has 0 saturated carbocycles. The second-order valence-electron chi connectivity index (χ2n) is 8.73. The fraction of sp³-hybridized carbons (Fsp3) is 0.357. The van der Waals surface area contributed by atoms with Crippen molar-refractivity contribution in [2.24, 2.45) is 0 Å². The van der Waals surface area contributed by atoms with Crippen molar-refractivity contribution in [3.8, 4) is 11.5 Å². The molecule has 3 rings (SSSR count). The van der Waals surface area contributed by atoms with Crippen LogP contribution in [0, 0.1) is 6.92 Å². The van der Waals surface area contributed by atoms with E-state index in [1.165, 1.54) is 0 Å². The summed E-state index contributed by atoms with van der Waals surface area (Å²) in [5.74, 6) is -0.123. The van der Waals surface area contributed by atoms with Crippen molar-refractivity contribution in [1.82, 2.24) is 9.80 Å². The number of Topliss-reactive ketones (excluding diaryl/α,β-unsaturated/α-hetero) is 1. The highest BCUT2D eigenvalue weighted by Gasteiger charge is 2.45. The molecule has 0 radical (unpaired) electrons. The molecule has 0 aliphatic carbocycles. The molecule has 7 heteroatoms. The van der Waals surface area contributed by atoms with Gasteiger partial charge in [0.25, 0.3) is 11.7 Å². The van der Waals surface area contributed by atoms with Gasteiger partial charge in [0.2, 0.25) is 0 Å². The Morgan fingerprint density at radius 2 is 1.86 bits per heavy atom. The first-order valence-corrected chi connectivity index (χ1v) is 11.8. The van der Waals surface area contributed by atoms with E-state index in [-0.39, 0.29) is 11.3 Å². The summed E-state index contributed by atoms with van der Waals surface area (Å²) in [6, 6.07) is 11.8. The minimum absolute atomic E-state index is 0.0863. The van der Waals surface area contributed by atoms with E-state index < -0.39 is 17.7 Å². The molecule has 2 aromatic carbocycles. The quantitative estimate of drug-likeness (QED) is 0.224. The minimum Gasteiger partial charge on any atom is -0.507 e. The Bertz CT molecular complexity index is 1100. The number of rotatable bonds is 11. The maximum Gasteiger partial charge on any atom is 0.295 e. The molecule has 1 aliphatic rings. The number of ether oxygens (including phenoxy) is 2. The van der Waals surface area contributed by atoms with E-state index in [4.69, 9.17) is 9.47 Å². The lowest BCUT2D eigenvalue weighted by atomic mass is 9.94. The number of nitrogens with zero attached hydrogens (tertiary/aromatic N) is 2. The molecule has 1 unspecified atom stereocenters. The Balaban J connectivity index is 2.06. The second kappa shape index (κ2) is 11.7. The molecule has 1 aliphatic heterocycles. The number of hydrogen-bond acceptors (Lipinski definition) is 6. The number of benzene rings is 2. The number of carbonyl (C=O) groups is 2. The Labute approximate surface area is 207 Å². The van der Waals surface area contributed by atoms with Crippen LogP contribution in [-0.2, 0) is 9.59 Å². The SMILES string of the molecule is C=CCOc1ccc(C2C(=C(O)c3ccc(OCC)c(C)c3)C(=O)C(=O)N2CCCN(C)C)cc1. The van der Waals surface area contributed by atoms with E-state index in [0.717, 1.165) is 17.7 Å².